The van der Waals surface area contributed by atoms with Crippen molar-refractivity contribution in [2.45, 2.75) is 32.6 Å². The smallest absolute Gasteiger partial charge is 0.270 e. The zero-order valence-corrected chi connectivity index (χ0v) is 15.1. The van der Waals surface area contributed by atoms with Crippen molar-refractivity contribution < 1.29 is 4.74 Å². The van der Waals surface area contributed by atoms with E-state index in [1.807, 2.05) is 13.8 Å². The second-order valence-electron chi connectivity index (χ2n) is 5.67. The molecule has 1 aromatic heterocycles. The van der Waals surface area contributed by atoms with Crippen molar-refractivity contribution >= 4 is 23.2 Å². The number of benzene rings is 1. The quantitative estimate of drug-likeness (QED) is 0.784. The summed E-state index contributed by atoms with van der Waals surface area (Å²) < 4.78 is 6.96. The third-order valence-electron chi connectivity index (χ3n) is 3.48. The largest absolute Gasteiger partial charge is 0.434 e. The zero-order chi connectivity index (χ0) is 17.9. The van der Waals surface area contributed by atoms with E-state index in [4.69, 9.17) is 33.2 Å². The number of nitriles is 1. The van der Waals surface area contributed by atoms with E-state index in [0.29, 0.717) is 28.5 Å². The third-order valence-corrected chi connectivity index (χ3v) is 4.04. The predicted octanol–water partition coefficient (Wildman–Crippen LogP) is 4.46. The second kappa shape index (κ2) is 7.69. The lowest BCUT2D eigenvalue weighted by Crippen LogP contribution is -2.24. The number of aryl methyl sites for hydroxylation is 2. The van der Waals surface area contributed by atoms with Crippen LogP contribution in [-0.4, -0.2) is 9.78 Å². The standard InChI is InChI=1S/C17H17Cl2N3O2/c1-10(2)12-9-15(21-22(3)17(12)23)24-16-13(18)7-11(5-4-6-20)8-14(16)19/h7-10H,4-5H2,1-3H3. The van der Waals surface area contributed by atoms with E-state index in [0.717, 1.165) is 5.56 Å². The molecule has 0 atom stereocenters. The van der Waals surface area contributed by atoms with Gasteiger partial charge in [0, 0.05) is 25.1 Å². The Labute approximate surface area is 150 Å². The van der Waals surface area contributed by atoms with Crippen LogP contribution in [0.1, 0.15) is 37.3 Å². The molecule has 0 radical (unpaired) electrons. The molecule has 2 aromatic rings. The number of rotatable bonds is 5. The number of hydrogen-bond acceptors (Lipinski definition) is 4. The summed E-state index contributed by atoms with van der Waals surface area (Å²) in [7, 11) is 1.56. The molecule has 0 saturated carbocycles. The highest BCUT2D eigenvalue weighted by Gasteiger charge is 2.15. The van der Waals surface area contributed by atoms with Crippen LogP contribution in [0.5, 0.6) is 11.6 Å². The zero-order valence-electron chi connectivity index (χ0n) is 13.6. The van der Waals surface area contributed by atoms with Crippen molar-refractivity contribution in [3.8, 4) is 17.7 Å². The van der Waals surface area contributed by atoms with Crippen molar-refractivity contribution in [3.05, 3.63) is 49.7 Å². The minimum absolute atomic E-state index is 0.0355. The maximum absolute atomic E-state index is 12.1. The first-order valence-electron chi connectivity index (χ1n) is 7.44. The van der Waals surface area contributed by atoms with Gasteiger partial charge in [0.05, 0.1) is 16.1 Å². The second-order valence-corrected chi connectivity index (χ2v) is 6.48. The van der Waals surface area contributed by atoms with Crippen molar-refractivity contribution in [2.75, 3.05) is 0 Å². The summed E-state index contributed by atoms with van der Waals surface area (Å²) >= 11 is 12.5. The van der Waals surface area contributed by atoms with Crippen LogP contribution in [0.3, 0.4) is 0 Å². The molecule has 0 saturated heterocycles. The minimum Gasteiger partial charge on any atom is -0.434 e. The summed E-state index contributed by atoms with van der Waals surface area (Å²) in [5, 5.41) is 13.4. The maximum atomic E-state index is 12.1. The van der Waals surface area contributed by atoms with Crippen LogP contribution in [0.25, 0.3) is 0 Å². The summed E-state index contributed by atoms with van der Waals surface area (Å²) in [6.07, 6.45) is 0.943. The molecule has 24 heavy (non-hydrogen) atoms. The molecule has 0 aliphatic carbocycles. The topological polar surface area (TPSA) is 67.9 Å². The summed E-state index contributed by atoms with van der Waals surface area (Å²) in [6.45, 7) is 3.84. The number of hydrogen-bond donors (Lipinski definition) is 0. The minimum atomic E-state index is -0.165. The van der Waals surface area contributed by atoms with E-state index in [1.54, 1.807) is 25.2 Å². The maximum Gasteiger partial charge on any atom is 0.270 e. The Morgan fingerprint density at radius 1 is 1.29 bits per heavy atom. The van der Waals surface area contributed by atoms with Crippen LogP contribution in [-0.2, 0) is 13.5 Å². The lowest BCUT2D eigenvalue weighted by Gasteiger charge is -2.13. The number of ether oxygens (including phenoxy) is 1. The average Bonchev–Trinajstić information content (AvgIpc) is 2.51. The van der Waals surface area contributed by atoms with Crippen molar-refractivity contribution in [3.63, 3.8) is 0 Å². The molecule has 126 valence electrons. The Balaban J connectivity index is 2.38. The van der Waals surface area contributed by atoms with Crippen molar-refractivity contribution in [2.24, 2.45) is 7.05 Å². The lowest BCUT2D eigenvalue weighted by atomic mass is 10.1. The van der Waals surface area contributed by atoms with Gasteiger partial charge in [0.2, 0.25) is 5.88 Å². The van der Waals surface area contributed by atoms with Crippen LogP contribution in [0.4, 0.5) is 0 Å². The summed E-state index contributed by atoms with van der Waals surface area (Å²) in [5.74, 6) is 0.558. The Morgan fingerprint density at radius 3 is 2.46 bits per heavy atom. The fraction of sp³-hybridized carbons (Fsp3) is 0.353. The van der Waals surface area contributed by atoms with Gasteiger partial charge in [-0.25, -0.2) is 4.68 Å². The Morgan fingerprint density at radius 2 is 1.92 bits per heavy atom. The van der Waals surface area contributed by atoms with Gasteiger partial charge in [-0.15, -0.1) is 5.10 Å². The average molecular weight is 366 g/mol. The van der Waals surface area contributed by atoms with Gasteiger partial charge in [-0.1, -0.05) is 37.0 Å². The van der Waals surface area contributed by atoms with Crippen molar-refractivity contribution in [1.82, 2.24) is 9.78 Å². The highest BCUT2D eigenvalue weighted by Crippen LogP contribution is 2.37. The molecule has 0 fully saturated rings. The Bertz CT molecular complexity index is 831. The molecule has 0 amide bonds. The van der Waals surface area contributed by atoms with E-state index in [-0.39, 0.29) is 23.1 Å². The number of halogens is 2. The fourth-order valence-electron chi connectivity index (χ4n) is 2.23. The highest BCUT2D eigenvalue weighted by atomic mass is 35.5. The van der Waals surface area contributed by atoms with Crippen LogP contribution >= 0.6 is 23.2 Å². The fourth-order valence-corrected chi connectivity index (χ4v) is 2.84. The normalized spacial score (nSPS) is 10.7. The van der Waals surface area contributed by atoms with Gasteiger partial charge in [0.1, 0.15) is 0 Å². The molecule has 0 bridgehead atoms. The Hall–Kier alpha value is -2.03. The summed E-state index contributed by atoms with van der Waals surface area (Å²) in [4.78, 5) is 12.1. The van der Waals surface area contributed by atoms with E-state index in [2.05, 4.69) is 11.2 Å². The molecule has 0 aliphatic rings. The summed E-state index contributed by atoms with van der Waals surface area (Å²) in [6, 6.07) is 7.11. The predicted molar refractivity (Wildman–Crippen MR) is 94.0 cm³/mol. The van der Waals surface area contributed by atoms with Crippen LogP contribution in [0.15, 0.2) is 23.0 Å². The summed E-state index contributed by atoms with van der Waals surface area (Å²) in [5.41, 5.74) is 1.29. The van der Waals surface area contributed by atoms with Gasteiger partial charge in [-0.3, -0.25) is 4.79 Å². The monoisotopic (exact) mass is 365 g/mol. The first-order valence-corrected chi connectivity index (χ1v) is 8.20. The molecule has 0 aliphatic heterocycles. The molecular weight excluding hydrogens is 349 g/mol. The molecule has 1 heterocycles. The number of nitrogens with zero attached hydrogens (tertiary/aromatic N) is 3. The van der Waals surface area contributed by atoms with Gasteiger partial charge < -0.3 is 4.74 Å². The van der Waals surface area contributed by atoms with Crippen LogP contribution < -0.4 is 10.3 Å². The van der Waals surface area contributed by atoms with Gasteiger partial charge in [-0.2, -0.15) is 5.26 Å². The van der Waals surface area contributed by atoms with Gasteiger partial charge in [-0.05, 0) is 30.0 Å². The van der Waals surface area contributed by atoms with E-state index in [9.17, 15) is 4.79 Å². The molecule has 2 rings (SSSR count). The van der Waals surface area contributed by atoms with Crippen molar-refractivity contribution in [1.29, 1.82) is 5.26 Å². The molecule has 5 nitrogen and oxygen atoms in total. The van der Waals surface area contributed by atoms with E-state index < -0.39 is 0 Å². The van der Waals surface area contributed by atoms with Gasteiger partial charge in [0.15, 0.2) is 5.75 Å². The van der Waals surface area contributed by atoms with Gasteiger partial charge in [0.25, 0.3) is 5.56 Å². The molecule has 0 N–H and O–H groups in total. The van der Waals surface area contributed by atoms with Crippen LogP contribution in [0.2, 0.25) is 10.0 Å². The highest BCUT2D eigenvalue weighted by molar-refractivity contribution is 6.37. The van der Waals surface area contributed by atoms with E-state index in [1.165, 1.54) is 4.68 Å². The Kier molecular flexibility index (Phi) is 5.87. The molecule has 1 aromatic carbocycles. The molecule has 0 unspecified atom stereocenters. The van der Waals surface area contributed by atoms with E-state index >= 15 is 0 Å². The third kappa shape index (κ3) is 4.08. The van der Waals surface area contributed by atoms with Crippen LogP contribution in [0, 0.1) is 11.3 Å². The first kappa shape index (κ1) is 18.3. The molecule has 7 heteroatoms. The first-order chi connectivity index (χ1) is 11.3. The van der Waals surface area contributed by atoms with Gasteiger partial charge >= 0.3 is 0 Å². The number of aromatic nitrogens is 2. The molecular formula is C17H17Cl2N3O2. The molecule has 0 spiro atoms. The SMILES string of the molecule is CC(C)c1cc(Oc2c(Cl)cc(CCC#N)cc2Cl)nn(C)c1=O. The lowest BCUT2D eigenvalue weighted by molar-refractivity contribution is 0.437.